The molecule has 4 heteroatoms. The Bertz CT molecular complexity index is 386. The molecular formula is C24H42O4. The van der Waals surface area contributed by atoms with E-state index < -0.39 is 0 Å². The number of allylic oxidation sites excluding steroid dienone is 2. The fourth-order valence-corrected chi connectivity index (χ4v) is 2.73. The van der Waals surface area contributed by atoms with Crippen molar-refractivity contribution in [3.05, 3.63) is 24.3 Å². The van der Waals surface area contributed by atoms with Gasteiger partial charge in [-0.1, -0.05) is 89.5 Å². The first-order chi connectivity index (χ1) is 13.7. The van der Waals surface area contributed by atoms with Crippen molar-refractivity contribution in [1.29, 1.82) is 0 Å². The zero-order chi connectivity index (χ0) is 20.7. The van der Waals surface area contributed by atoms with Crippen molar-refractivity contribution in [3.8, 4) is 0 Å². The molecule has 0 saturated carbocycles. The van der Waals surface area contributed by atoms with Gasteiger partial charge in [0.2, 0.25) is 0 Å². The maximum absolute atomic E-state index is 11.6. The second kappa shape index (κ2) is 21.7. The number of ether oxygens (including phenoxy) is 2. The van der Waals surface area contributed by atoms with E-state index in [4.69, 9.17) is 9.47 Å². The smallest absolute Gasteiger partial charge is 0.306 e. The van der Waals surface area contributed by atoms with Crippen molar-refractivity contribution in [1.82, 2.24) is 0 Å². The number of esters is 2. The second-order valence-corrected chi connectivity index (χ2v) is 7.21. The standard InChI is InChI=1S/C24H42O4/c1-3-5-7-9-11-13-15-17-21-27-23(25)19-20-24(26)28-22-18-16-14-12-10-8-6-4-2/h15-18H,3-14,19-22H2,1-2H3/b17-15+,18-16+. The molecule has 162 valence electrons. The maximum Gasteiger partial charge on any atom is 0.306 e. The lowest BCUT2D eigenvalue weighted by molar-refractivity contribution is -0.149. The average molecular weight is 395 g/mol. The Balaban J connectivity index is 3.49. The normalized spacial score (nSPS) is 11.4. The Morgan fingerprint density at radius 2 is 0.964 bits per heavy atom. The van der Waals surface area contributed by atoms with Crippen molar-refractivity contribution < 1.29 is 19.1 Å². The first-order valence-corrected chi connectivity index (χ1v) is 11.3. The van der Waals surface area contributed by atoms with Crippen LogP contribution in [0, 0.1) is 0 Å². The second-order valence-electron chi connectivity index (χ2n) is 7.21. The van der Waals surface area contributed by atoms with E-state index in [0.29, 0.717) is 0 Å². The highest BCUT2D eigenvalue weighted by Gasteiger charge is 2.07. The molecule has 0 fully saturated rings. The molecule has 0 aliphatic carbocycles. The number of hydrogen-bond donors (Lipinski definition) is 0. The van der Waals surface area contributed by atoms with Gasteiger partial charge in [0, 0.05) is 0 Å². The van der Waals surface area contributed by atoms with E-state index in [1.807, 2.05) is 12.2 Å². The molecule has 0 N–H and O–H groups in total. The molecule has 0 spiro atoms. The third kappa shape index (κ3) is 20.7. The fraction of sp³-hybridized carbons (Fsp3) is 0.750. The molecule has 0 radical (unpaired) electrons. The van der Waals surface area contributed by atoms with Gasteiger partial charge in [-0.05, 0) is 25.7 Å². The molecule has 28 heavy (non-hydrogen) atoms. The molecule has 0 bridgehead atoms. The number of unbranched alkanes of at least 4 members (excludes halogenated alkanes) is 10. The zero-order valence-corrected chi connectivity index (χ0v) is 18.3. The summed E-state index contributed by atoms with van der Waals surface area (Å²) in [5, 5.41) is 0. The van der Waals surface area contributed by atoms with Gasteiger partial charge >= 0.3 is 11.9 Å². The summed E-state index contributed by atoms with van der Waals surface area (Å²) >= 11 is 0. The lowest BCUT2D eigenvalue weighted by atomic mass is 10.1. The van der Waals surface area contributed by atoms with E-state index in [2.05, 4.69) is 26.0 Å². The molecule has 0 aromatic carbocycles. The van der Waals surface area contributed by atoms with Gasteiger partial charge < -0.3 is 9.47 Å². The van der Waals surface area contributed by atoms with E-state index >= 15 is 0 Å². The van der Waals surface area contributed by atoms with Gasteiger partial charge in [-0.15, -0.1) is 0 Å². The highest BCUT2D eigenvalue weighted by Crippen LogP contribution is 2.06. The summed E-state index contributed by atoms with van der Waals surface area (Å²) in [5.74, 6) is -0.709. The minimum Gasteiger partial charge on any atom is -0.461 e. The molecule has 0 aromatic heterocycles. The van der Waals surface area contributed by atoms with Crippen LogP contribution in [0.5, 0.6) is 0 Å². The van der Waals surface area contributed by atoms with E-state index in [-0.39, 0.29) is 38.0 Å². The van der Waals surface area contributed by atoms with E-state index in [0.717, 1.165) is 12.8 Å². The molecular weight excluding hydrogens is 352 g/mol. The molecule has 0 unspecified atom stereocenters. The van der Waals surface area contributed by atoms with Gasteiger partial charge in [0.1, 0.15) is 13.2 Å². The predicted octanol–water partition coefficient (Wildman–Crippen LogP) is 6.69. The molecule has 0 aliphatic rings. The summed E-state index contributed by atoms with van der Waals surface area (Å²) in [6.07, 6.45) is 22.7. The van der Waals surface area contributed by atoms with Crippen molar-refractivity contribution >= 4 is 11.9 Å². The quantitative estimate of drug-likeness (QED) is 0.139. The summed E-state index contributed by atoms with van der Waals surface area (Å²) in [7, 11) is 0. The Morgan fingerprint density at radius 1 is 0.571 bits per heavy atom. The van der Waals surface area contributed by atoms with Crippen LogP contribution >= 0.6 is 0 Å². The van der Waals surface area contributed by atoms with Crippen LogP contribution in [0.25, 0.3) is 0 Å². The molecule has 0 saturated heterocycles. The van der Waals surface area contributed by atoms with Crippen molar-refractivity contribution in [2.45, 2.75) is 104 Å². The lowest BCUT2D eigenvalue weighted by Crippen LogP contribution is -2.10. The van der Waals surface area contributed by atoms with Crippen LogP contribution in [0.3, 0.4) is 0 Å². The average Bonchev–Trinajstić information content (AvgIpc) is 2.69. The van der Waals surface area contributed by atoms with Crippen molar-refractivity contribution in [3.63, 3.8) is 0 Å². The van der Waals surface area contributed by atoms with Crippen LogP contribution in [-0.4, -0.2) is 25.2 Å². The van der Waals surface area contributed by atoms with E-state index in [9.17, 15) is 9.59 Å². The number of carbonyl (C=O) groups is 2. The van der Waals surface area contributed by atoms with Crippen LogP contribution in [0.15, 0.2) is 24.3 Å². The van der Waals surface area contributed by atoms with Gasteiger partial charge in [-0.25, -0.2) is 0 Å². The summed E-state index contributed by atoms with van der Waals surface area (Å²) < 4.78 is 10.2. The predicted molar refractivity (Wildman–Crippen MR) is 116 cm³/mol. The minimum absolute atomic E-state index is 0.0742. The zero-order valence-electron chi connectivity index (χ0n) is 18.3. The Hall–Kier alpha value is -1.58. The number of hydrogen-bond acceptors (Lipinski definition) is 4. The van der Waals surface area contributed by atoms with Gasteiger partial charge in [0.05, 0.1) is 12.8 Å². The fourth-order valence-electron chi connectivity index (χ4n) is 2.73. The Kier molecular flexibility index (Phi) is 20.5. The Labute approximate surface area is 172 Å². The monoisotopic (exact) mass is 394 g/mol. The van der Waals surface area contributed by atoms with Crippen LogP contribution in [-0.2, 0) is 19.1 Å². The van der Waals surface area contributed by atoms with Crippen LogP contribution < -0.4 is 0 Å². The summed E-state index contributed by atoms with van der Waals surface area (Å²) in [4.78, 5) is 23.2. The molecule has 0 rings (SSSR count). The van der Waals surface area contributed by atoms with E-state index in [1.165, 1.54) is 64.2 Å². The summed E-state index contributed by atoms with van der Waals surface area (Å²) in [6.45, 7) is 4.98. The lowest BCUT2D eigenvalue weighted by Gasteiger charge is -2.03. The van der Waals surface area contributed by atoms with Crippen LogP contribution in [0.4, 0.5) is 0 Å². The summed E-state index contributed by atoms with van der Waals surface area (Å²) in [5.41, 5.74) is 0. The molecule has 0 atom stereocenters. The minimum atomic E-state index is -0.354. The molecule has 0 aromatic rings. The largest absolute Gasteiger partial charge is 0.461 e. The van der Waals surface area contributed by atoms with Gasteiger partial charge in [-0.3, -0.25) is 9.59 Å². The third-order valence-electron chi connectivity index (χ3n) is 4.50. The highest BCUT2D eigenvalue weighted by atomic mass is 16.5. The molecule has 0 heterocycles. The maximum atomic E-state index is 11.6. The first kappa shape index (κ1) is 26.4. The van der Waals surface area contributed by atoms with Crippen LogP contribution in [0.1, 0.15) is 104 Å². The molecule has 0 amide bonds. The number of rotatable bonds is 19. The van der Waals surface area contributed by atoms with Crippen LogP contribution in [0.2, 0.25) is 0 Å². The molecule has 0 aliphatic heterocycles. The first-order valence-electron chi connectivity index (χ1n) is 11.3. The Morgan fingerprint density at radius 3 is 1.36 bits per heavy atom. The van der Waals surface area contributed by atoms with Gasteiger partial charge in [-0.2, -0.15) is 0 Å². The summed E-state index contributed by atoms with van der Waals surface area (Å²) in [6, 6.07) is 0. The third-order valence-corrected chi connectivity index (χ3v) is 4.50. The van der Waals surface area contributed by atoms with Gasteiger partial charge in [0.25, 0.3) is 0 Å². The SMILES string of the molecule is CCCCCCC/C=C/COC(=O)CCC(=O)OC/C=C/CCCCCCC. The van der Waals surface area contributed by atoms with Gasteiger partial charge in [0.15, 0.2) is 0 Å². The number of carbonyl (C=O) groups excluding carboxylic acids is 2. The topological polar surface area (TPSA) is 52.6 Å². The van der Waals surface area contributed by atoms with E-state index in [1.54, 1.807) is 0 Å². The van der Waals surface area contributed by atoms with Crippen molar-refractivity contribution in [2.75, 3.05) is 13.2 Å². The van der Waals surface area contributed by atoms with Crippen molar-refractivity contribution in [2.24, 2.45) is 0 Å². The highest BCUT2D eigenvalue weighted by molar-refractivity contribution is 5.77. The molecule has 4 nitrogen and oxygen atoms in total.